The van der Waals surface area contributed by atoms with Crippen molar-refractivity contribution in [2.75, 3.05) is 25.0 Å². The minimum atomic E-state index is -0.0327. The van der Waals surface area contributed by atoms with E-state index in [1.807, 2.05) is 35.3 Å². The second-order valence-corrected chi connectivity index (χ2v) is 7.75. The number of carbonyl (C=O) groups is 1. The van der Waals surface area contributed by atoms with Crippen LogP contribution in [-0.4, -0.2) is 50.0 Å². The van der Waals surface area contributed by atoms with Gasteiger partial charge in [-0.2, -0.15) is 0 Å². The minimum Gasteiger partial charge on any atom is -0.383 e. The van der Waals surface area contributed by atoms with Gasteiger partial charge in [0, 0.05) is 37.1 Å². The van der Waals surface area contributed by atoms with Gasteiger partial charge in [-0.25, -0.2) is 4.98 Å². The van der Waals surface area contributed by atoms with Crippen LogP contribution in [0.2, 0.25) is 0 Å². The zero-order chi connectivity index (χ0) is 20.4. The molecule has 0 aliphatic rings. The summed E-state index contributed by atoms with van der Waals surface area (Å²) in [6.45, 7) is 14.5. The molecule has 0 fully saturated rings. The highest BCUT2D eigenvalue weighted by Crippen LogP contribution is 2.33. The summed E-state index contributed by atoms with van der Waals surface area (Å²) in [6.07, 6.45) is 1.77. The molecule has 150 valence electrons. The van der Waals surface area contributed by atoms with E-state index in [2.05, 4.69) is 48.2 Å². The fourth-order valence-corrected chi connectivity index (χ4v) is 3.42. The average molecular weight is 383 g/mol. The highest BCUT2D eigenvalue weighted by molar-refractivity contribution is 6.11. The first-order chi connectivity index (χ1) is 13.4. The predicted molar refractivity (Wildman–Crippen MR) is 113 cm³/mol. The molecule has 0 bridgehead atoms. The van der Waals surface area contributed by atoms with E-state index in [1.54, 1.807) is 6.20 Å². The van der Waals surface area contributed by atoms with Gasteiger partial charge in [0.05, 0.1) is 5.69 Å². The van der Waals surface area contributed by atoms with Crippen LogP contribution in [0.15, 0.2) is 18.3 Å². The summed E-state index contributed by atoms with van der Waals surface area (Å²) >= 11 is 0. The van der Waals surface area contributed by atoms with Crippen LogP contribution in [-0.2, 0) is 0 Å². The highest BCUT2D eigenvalue weighted by Gasteiger charge is 2.27. The Kier molecular flexibility index (Phi) is 5.82. The molecule has 28 heavy (non-hydrogen) atoms. The lowest BCUT2D eigenvalue weighted by Gasteiger charge is -2.23. The number of fused-ring (bicyclic) bond motifs is 3. The normalized spacial score (nSPS) is 11.7. The van der Waals surface area contributed by atoms with E-state index in [0.717, 1.165) is 29.1 Å². The second-order valence-electron chi connectivity index (χ2n) is 7.75. The van der Waals surface area contributed by atoms with Crippen LogP contribution >= 0.6 is 0 Å². The highest BCUT2D eigenvalue weighted by atomic mass is 16.2. The number of nitrogens with one attached hydrogen (secondary N) is 1. The zero-order valence-corrected chi connectivity index (χ0v) is 17.7. The van der Waals surface area contributed by atoms with Crippen molar-refractivity contribution in [2.24, 2.45) is 5.92 Å². The van der Waals surface area contributed by atoms with Crippen molar-refractivity contribution in [3.05, 3.63) is 29.7 Å². The molecule has 3 rings (SSSR count). The van der Waals surface area contributed by atoms with Gasteiger partial charge in [0.15, 0.2) is 5.65 Å². The Bertz CT molecular complexity index is 987. The van der Waals surface area contributed by atoms with Gasteiger partial charge < -0.3 is 10.2 Å². The number of pyridine rings is 2. The van der Waals surface area contributed by atoms with E-state index in [4.69, 9.17) is 0 Å². The van der Waals surface area contributed by atoms with Gasteiger partial charge in [-0.05, 0) is 31.9 Å². The van der Waals surface area contributed by atoms with Crippen LogP contribution in [0.5, 0.6) is 0 Å². The third kappa shape index (κ3) is 3.41. The number of amides is 1. The van der Waals surface area contributed by atoms with E-state index >= 15 is 0 Å². The Morgan fingerprint density at radius 1 is 1.14 bits per heavy atom. The number of aromatic nitrogens is 4. The standard InChI is InChI=1S/C21H30N6O/c1-7-26(8-2)21(28)16-17(23-12-13(3)4)15-10-9-11-22-19(15)27-18(14(5)6)24-25-20(16)27/h9-11,13-14,23H,7-8,12H2,1-6H3. The molecular weight excluding hydrogens is 352 g/mol. The number of nitrogens with zero attached hydrogens (tertiary/aromatic N) is 5. The van der Waals surface area contributed by atoms with E-state index < -0.39 is 0 Å². The molecule has 7 heteroatoms. The maximum atomic E-state index is 13.5. The molecule has 0 radical (unpaired) electrons. The van der Waals surface area contributed by atoms with Gasteiger partial charge >= 0.3 is 0 Å². The Labute approximate surface area is 166 Å². The van der Waals surface area contributed by atoms with E-state index in [1.165, 1.54) is 0 Å². The quantitative estimate of drug-likeness (QED) is 0.670. The van der Waals surface area contributed by atoms with Gasteiger partial charge in [-0.3, -0.25) is 9.20 Å². The van der Waals surface area contributed by atoms with Crippen molar-refractivity contribution in [3.8, 4) is 0 Å². The van der Waals surface area contributed by atoms with Crippen molar-refractivity contribution < 1.29 is 4.79 Å². The molecule has 0 aliphatic heterocycles. The van der Waals surface area contributed by atoms with Crippen LogP contribution in [0.4, 0.5) is 5.69 Å². The van der Waals surface area contributed by atoms with Crippen molar-refractivity contribution in [1.29, 1.82) is 0 Å². The molecule has 0 saturated heterocycles. The molecule has 0 saturated carbocycles. The lowest BCUT2D eigenvalue weighted by atomic mass is 10.1. The minimum absolute atomic E-state index is 0.0327. The van der Waals surface area contributed by atoms with Crippen LogP contribution in [0.1, 0.15) is 63.6 Å². The molecule has 3 aromatic heterocycles. The molecule has 7 nitrogen and oxygen atoms in total. The molecule has 3 aromatic rings. The molecule has 1 amide bonds. The first kappa shape index (κ1) is 20.0. The van der Waals surface area contributed by atoms with Gasteiger partial charge in [-0.15, -0.1) is 10.2 Å². The lowest BCUT2D eigenvalue weighted by Crippen LogP contribution is -2.32. The van der Waals surface area contributed by atoms with Crippen molar-refractivity contribution in [2.45, 2.75) is 47.5 Å². The SMILES string of the molecule is CCN(CC)C(=O)c1c(NCC(C)C)c2cccnc2n2c(C(C)C)nnc12. The molecule has 0 aliphatic carbocycles. The van der Waals surface area contributed by atoms with Crippen molar-refractivity contribution >= 4 is 28.3 Å². The van der Waals surface area contributed by atoms with Gasteiger partial charge in [0.25, 0.3) is 5.91 Å². The first-order valence-corrected chi connectivity index (χ1v) is 10.1. The Balaban J connectivity index is 2.41. The predicted octanol–water partition coefficient (Wildman–Crippen LogP) is 3.95. The second kappa shape index (κ2) is 8.12. The molecule has 1 N–H and O–H groups in total. The summed E-state index contributed by atoms with van der Waals surface area (Å²) in [4.78, 5) is 19.9. The lowest BCUT2D eigenvalue weighted by molar-refractivity contribution is 0.0775. The number of rotatable bonds is 7. The maximum Gasteiger partial charge on any atom is 0.259 e. The molecule has 3 heterocycles. The van der Waals surface area contributed by atoms with Crippen LogP contribution in [0, 0.1) is 5.92 Å². The molecule has 0 aromatic carbocycles. The number of hydrogen-bond donors (Lipinski definition) is 1. The summed E-state index contributed by atoms with van der Waals surface area (Å²) in [5.74, 6) is 1.37. The maximum absolute atomic E-state index is 13.5. The Hall–Kier alpha value is -2.70. The smallest absolute Gasteiger partial charge is 0.259 e. The molecule has 0 spiro atoms. The number of anilines is 1. The monoisotopic (exact) mass is 382 g/mol. The molecule has 0 unspecified atom stereocenters. The largest absolute Gasteiger partial charge is 0.383 e. The Morgan fingerprint density at radius 2 is 1.86 bits per heavy atom. The van der Waals surface area contributed by atoms with Gasteiger partial charge in [-0.1, -0.05) is 27.7 Å². The van der Waals surface area contributed by atoms with Crippen LogP contribution in [0.3, 0.4) is 0 Å². The van der Waals surface area contributed by atoms with Gasteiger partial charge in [0.1, 0.15) is 17.0 Å². The summed E-state index contributed by atoms with van der Waals surface area (Å²) in [5, 5.41) is 13.3. The third-order valence-corrected chi connectivity index (χ3v) is 4.90. The van der Waals surface area contributed by atoms with Crippen molar-refractivity contribution in [1.82, 2.24) is 24.5 Å². The third-order valence-electron chi connectivity index (χ3n) is 4.90. The summed E-state index contributed by atoms with van der Waals surface area (Å²) in [6, 6.07) is 3.91. The van der Waals surface area contributed by atoms with E-state index in [9.17, 15) is 4.79 Å². The first-order valence-electron chi connectivity index (χ1n) is 10.1. The molecule has 0 atom stereocenters. The zero-order valence-electron chi connectivity index (χ0n) is 17.7. The topological polar surface area (TPSA) is 75.4 Å². The fraction of sp³-hybridized carbons (Fsp3) is 0.524. The summed E-state index contributed by atoms with van der Waals surface area (Å²) < 4.78 is 1.94. The number of carbonyl (C=O) groups excluding carboxylic acids is 1. The molecular formula is C21H30N6O. The van der Waals surface area contributed by atoms with Crippen LogP contribution in [0.25, 0.3) is 16.7 Å². The average Bonchev–Trinajstić information content (AvgIpc) is 3.11. The van der Waals surface area contributed by atoms with E-state index in [-0.39, 0.29) is 11.8 Å². The van der Waals surface area contributed by atoms with Crippen LogP contribution < -0.4 is 5.32 Å². The van der Waals surface area contributed by atoms with Crippen molar-refractivity contribution in [3.63, 3.8) is 0 Å². The summed E-state index contributed by atoms with van der Waals surface area (Å²) in [5.41, 5.74) is 2.71. The van der Waals surface area contributed by atoms with Gasteiger partial charge in [0.2, 0.25) is 0 Å². The van der Waals surface area contributed by atoms with E-state index in [0.29, 0.717) is 30.2 Å². The Morgan fingerprint density at radius 3 is 2.46 bits per heavy atom. The summed E-state index contributed by atoms with van der Waals surface area (Å²) in [7, 11) is 0. The fourth-order valence-electron chi connectivity index (χ4n) is 3.42. The number of hydrogen-bond acceptors (Lipinski definition) is 5.